The number of anilines is 1. The fraction of sp³-hybridized carbons (Fsp3) is 0.167. The SMILES string of the molecule is O=C(c1ccc2[nH]c3nc4ccccc4nc3c2c1)N1CCN(c2ccccn2)CC1. The van der Waals surface area contributed by atoms with Crippen molar-refractivity contribution in [2.75, 3.05) is 31.1 Å². The van der Waals surface area contributed by atoms with Crippen LogP contribution in [-0.4, -0.2) is 56.9 Å². The van der Waals surface area contributed by atoms with Crippen LogP contribution in [0, 0.1) is 0 Å². The van der Waals surface area contributed by atoms with E-state index in [9.17, 15) is 4.79 Å². The Hall–Kier alpha value is -4.00. The smallest absolute Gasteiger partial charge is 0.253 e. The number of hydrogen-bond acceptors (Lipinski definition) is 5. The first kappa shape index (κ1) is 17.8. The van der Waals surface area contributed by atoms with Gasteiger partial charge in [-0.05, 0) is 42.5 Å². The van der Waals surface area contributed by atoms with E-state index < -0.39 is 0 Å². The largest absolute Gasteiger partial charge is 0.353 e. The second kappa shape index (κ2) is 7.05. The first-order valence-electron chi connectivity index (χ1n) is 10.4. The fourth-order valence-corrected chi connectivity index (χ4v) is 4.25. The summed E-state index contributed by atoms with van der Waals surface area (Å²) in [6.45, 7) is 2.89. The zero-order valence-corrected chi connectivity index (χ0v) is 16.8. The molecule has 152 valence electrons. The average molecular weight is 408 g/mol. The third-order valence-electron chi connectivity index (χ3n) is 5.89. The van der Waals surface area contributed by atoms with E-state index >= 15 is 0 Å². The van der Waals surface area contributed by atoms with E-state index in [4.69, 9.17) is 9.97 Å². The number of hydrogen-bond donors (Lipinski definition) is 1. The quantitative estimate of drug-likeness (QED) is 0.483. The predicted octanol–water partition coefficient (Wildman–Crippen LogP) is 3.62. The third-order valence-corrected chi connectivity index (χ3v) is 5.89. The van der Waals surface area contributed by atoms with E-state index in [0.29, 0.717) is 18.7 Å². The number of H-pyrrole nitrogens is 1. The van der Waals surface area contributed by atoms with Crippen LogP contribution < -0.4 is 4.90 Å². The normalized spacial score (nSPS) is 14.6. The van der Waals surface area contributed by atoms with Gasteiger partial charge in [-0.15, -0.1) is 0 Å². The lowest BCUT2D eigenvalue weighted by Crippen LogP contribution is -2.49. The maximum atomic E-state index is 13.2. The molecule has 6 rings (SSSR count). The van der Waals surface area contributed by atoms with Gasteiger partial charge in [-0.2, -0.15) is 0 Å². The van der Waals surface area contributed by atoms with Crippen LogP contribution >= 0.6 is 0 Å². The van der Waals surface area contributed by atoms with Crippen molar-refractivity contribution in [1.82, 2.24) is 24.8 Å². The lowest BCUT2D eigenvalue weighted by molar-refractivity contribution is 0.0746. The molecule has 4 heterocycles. The first-order chi connectivity index (χ1) is 15.3. The highest BCUT2D eigenvalue weighted by atomic mass is 16.2. The molecule has 1 amide bonds. The molecule has 1 fully saturated rings. The summed E-state index contributed by atoms with van der Waals surface area (Å²) in [5.74, 6) is 1.01. The lowest BCUT2D eigenvalue weighted by Gasteiger charge is -2.35. The molecule has 0 unspecified atom stereocenters. The van der Waals surface area contributed by atoms with E-state index in [0.717, 1.165) is 52.0 Å². The van der Waals surface area contributed by atoms with Crippen molar-refractivity contribution in [2.45, 2.75) is 0 Å². The van der Waals surface area contributed by atoms with Gasteiger partial charge in [0.1, 0.15) is 11.3 Å². The van der Waals surface area contributed by atoms with Crippen molar-refractivity contribution in [1.29, 1.82) is 0 Å². The lowest BCUT2D eigenvalue weighted by atomic mass is 10.1. The van der Waals surface area contributed by atoms with Crippen LogP contribution in [0.3, 0.4) is 0 Å². The predicted molar refractivity (Wildman–Crippen MR) is 121 cm³/mol. The van der Waals surface area contributed by atoms with Gasteiger partial charge in [0.05, 0.1) is 11.0 Å². The number of carbonyl (C=O) groups excluding carboxylic acids is 1. The number of amides is 1. The Labute approximate surface area is 178 Å². The third kappa shape index (κ3) is 3.06. The van der Waals surface area contributed by atoms with Crippen molar-refractivity contribution in [3.63, 3.8) is 0 Å². The van der Waals surface area contributed by atoms with Gasteiger partial charge in [0.2, 0.25) is 0 Å². The van der Waals surface area contributed by atoms with Crippen LogP contribution in [0.5, 0.6) is 0 Å². The monoisotopic (exact) mass is 408 g/mol. The zero-order chi connectivity index (χ0) is 20.8. The molecular weight excluding hydrogens is 388 g/mol. The number of pyridine rings is 1. The zero-order valence-electron chi connectivity index (χ0n) is 16.8. The number of piperazine rings is 1. The number of nitrogens with one attached hydrogen (secondary N) is 1. The molecule has 7 nitrogen and oxygen atoms in total. The van der Waals surface area contributed by atoms with E-state index in [1.807, 2.05) is 65.6 Å². The molecule has 2 aromatic carbocycles. The van der Waals surface area contributed by atoms with Crippen molar-refractivity contribution in [3.8, 4) is 0 Å². The number of nitrogens with zero attached hydrogens (tertiary/aromatic N) is 5. The number of fused-ring (bicyclic) bond motifs is 4. The highest BCUT2D eigenvalue weighted by molar-refractivity contribution is 6.08. The van der Waals surface area contributed by atoms with Crippen LogP contribution in [0.4, 0.5) is 5.82 Å². The summed E-state index contributed by atoms with van der Waals surface area (Å²) in [7, 11) is 0. The molecule has 0 aliphatic carbocycles. The van der Waals surface area contributed by atoms with Gasteiger partial charge in [0.15, 0.2) is 5.65 Å². The van der Waals surface area contributed by atoms with Gasteiger partial charge in [-0.25, -0.2) is 15.0 Å². The van der Waals surface area contributed by atoms with E-state index in [1.54, 1.807) is 6.20 Å². The Bertz CT molecular complexity index is 1420. The summed E-state index contributed by atoms with van der Waals surface area (Å²) in [6, 6.07) is 19.5. The van der Waals surface area contributed by atoms with Crippen LogP contribution in [0.15, 0.2) is 66.9 Å². The molecule has 5 aromatic rings. The number of benzene rings is 2. The molecule has 31 heavy (non-hydrogen) atoms. The van der Waals surface area contributed by atoms with E-state index in [2.05, 4.69) is 14.9 Å². The molecule has 1 N–H and O–H groups in total. The van der Waals surface area contributed by atoms with Gasteiger partial charge in [-0.1, -0.05) is 18.2 Å². The van der Waals surface area contributed by atoms with E-state index in [-0.39, 0.29) is 5.91 Å². The number of aromatic amines is 1. The number of aromatic nitrogens is 4. The standard InChI is InChI=1S/C24H20N6O/c31-24(30-13-11-29(12-14-30)21-7-3-4-10-25-21)16-8-9-18-17(15-16)22-23(27-18)28-20-6-2-1-5-19(20)26-22/h1-10,15H,11-14H2,(H,27,28). The minimum absolute atomic E-state index is 0.0469. The molecule has 7 heteroatoms. The molecule has 0 saturated carbocycles. The Morgan fingerprint density at radius 2 is 1.65 bits per heavy atom. The van der Waals surface area contributed by atoms with Crippen molar-refractivity contribution < 1.29 is 4.79 Å². The highest BCUT2D eigenvalue weighted by Crippen LogP contribution is 2.26. The summed E-state index contributed by atoms with van der Waals surface area (Å²) in [5, 5.41) is 0.922. The number of rotatable bonds is 2. The van der Waals surface area contributed by atoms with Crippen LogP contribution in [-0.2, 0) is 0 Å². The Morgan fingerprint density at radius 1 is 0.871 bits per heavy atom. The second-order valence-electron chi connectivity index (χ2n) is 7.76. The molecule has 0 bridgehead atoms. The summed E-state index contributed by atoms with van der Waals surface area (Å²) in [5.41, 5.74) is 4.84. The Kier molecular flexibility index (Phi) is 4.06. The minimum atomic E-state index is 0.0469. The summed E-state index contributed by atoms with van der Waals surface area (Å²) in [6.07, 6.45) is 1.80. The molecule has 1 aliphatic heterocycles. The topological polar surface area (TPSA) is 78.0 Å². The van der Waals surface area contributed by atoms with Crippen LogP contribution in [0.25, 0.3) is 33.1 Å². The highest BCUT2D eigenvalue weighted by Gasteiger charge is 2.23. The molecule has 0 spiro atoms. The van der Waals surface area contributed by atoms with Crippen LogP contribution in [0.2, 0.25) is 0 Å². The molecule has 0 radical (unpaired) electrons. The van der Waals surface area contributed by atoms with E-state index in [1.165, 1.54) is 0 Å². The van der Waals surface area contributed by atoms with Crippen molar-refractivity contribution >= 4 is 44.8 Å². The number of carbonyl (C=O) groups is 1. The first-order valence-corrected chi connectivity index (χ1v) is 10.4. The van der Waals surface area contributed by atoms with Gasteiger partial charge >= 0.3 is 0 Å². The molecular formula is C24H20N6O. The summed E-state index contributed by atoms with van der Waals surface area (Å²) in [4.78, 5) is 34.6. The van der Waals surface area contributed by atoms with Crippen molar-refractivity contribution in [3.05, 3.63) is 72.4 Å². The Morgan fingerprint density at radius 3 is 2.42 bits per heavy atom. The van der Waals surface area contributed by atoms with Gasteiger partial charge in [0, 0.05) is 48.8 Å². The van der Waals surface area contributed by atoms with Crippen molar-refractivity contribution in [2.24, 2.45) is 0 Å². The second-order valence-corrected chi connectivity index (χ2v) is 7.76. The maximum Gasteiger partial charge on any atom is 0.253 e. The van der Waals surface area contributed by atoms with Gasteiger partial charge < -0.3 is 14.8 Å². The van der Waals surface area contributed by atoms with Gasteiger partial charge in [-0.3, -0.25) is 4.79 Å². The fourth-order valence-electron chi connectivity index (χ4n) is 4.25. The Balaban J connectivity index is 1.29. The summed E-state index contributed by atoms with van der Waals surface area (Å²) < 4.78 is 0. The molecule has 1 saturated heterocycles. The molecule has 3 aromatic heterocycles. The van der Waals surface area contributed by atoms with Crippen LogP contribution in [0.1, 0.15) is 10.4 Å². The maximum absolute atomic E-state index is 13.2. The average Bonchev–Trinajstić information content (AvgIpc) is 3.19. The molecule has 1 aliphatic rings. The molecule has 0 atom stereocenters. The van der Waals surface area contributed by atoms with Gasteiger partial charge in [0.25, 0.3) is 5.91 Å². The number of para-hydroxylation sites is 2. The summed E-state index contributed by atoms with van der Waals surface area (Å²) >= 11 is 0. The minimum Gasteiger partial charge on any atom is -0.353 e.